The van der Waals surface area contributed by atoms with E-state index in [2.05, 4.69) is 32.0 Å². The summed E-state index contributed by atoms with van der Waals surface area (Å²) in [5.74, 6) is 1.08. The molecule has 0 unspecified atom stereocenters. The molecule has 128 valence electrons. The molecule has 0 heterocycles. The van der Waals surface area contributed by atoms with Crippen LogP contribution in [0.15, 0.2) is 24.3 Å². The molecule has 1 fully saturated rings. The van der Waals surface area contributed by atoms with E-state index < -0.39 is 0 Å². The van der Waals surface area contributed by atoms with Crippen LogP contribution >= 0.6 is 0 Å². The summed E-state index contributed by atoms with van der Waals surface area (Å²) in [6, 6.07) is 8.56. The normalized spacial score (nSPS) is 14.9. The fourth-order valence-corrected chi connectivity index (χ4v) is 4.27. The molecule has 0 spiro atoms. The van der Waals surface area contributed by atoms with Gasteiger partial charge in [-0.3, -0.25) is 4.79 Å². The molecule has 1 saturated carbocycles. The SMILES string of the molecule is CCCC(CCC)(CCc1cccc(CC(=O)CN)c1)C1CC1. The molecular formula is C21H33NO. The van der Waals surface area contributed by atoms with Crippen LogP contribution in [0.5, 0.6) is 0 Å². The van der Waals surface area contributed by atoms with Gasteiger partial charge in [0.05, 0.1) is 6.54 Å². The molecule has 2 N–H and O–H groups in total. The fraction of sp³-hybridized carbons (Fsp3) is 0.667. The second-order valence-corrected chi connectivity index (χ2v) is 7.38. The second kappa shape index (κ2) is 8.63. The third-order valence-electron chi connectivity index (χ3n) is 5.47. The predicted octanol–water partition coefficient (Wildman–Crippen LogP) is 4.69. The van der Waals surface area contributed by atoms with Crippen molar-refractivity contribution in [2.45, 2.75) is 71.6 Å². The van der Waals surface area contributed by atoms with Crippen LogP contribution in [0, 0.1) is 11.3 Å². The molecule has 23 heavy (non-hydrogen) atoms. The van der Waals surface area contributed by atoms with Gasteiger partial charge in [0.1, 0.15) is 0 Å². The van der Waals surface area contributed by atoms with Crippen LogP contribution in [0.1, 0.15) is 69.9 Å². The Balaban J connectivity index is 2.02. The average Bonchev–Trinajstić information content (AvgIpc) is 3.38. The molecule has 1 aromatic carbocycles. The molecule has 1 aliphatic rings. The summed E-state index contributed by atoms with van der Waals surface area (Å²) in [4.78, 5) is 11.6. The van der Waals surface area contributed by atoms with Crippen molar-refractivity contribution >= 4 is 5.78 Å². The lowest BCUT2D eigenvalue weighted by Crippen LogP contribution is -2.24. The lowest BCUT2D eigenvalue weighted by molar-refractivity contribution is -0.117. The van der Waals surface area contributed by atoms with Crippen molar-refractivity contribution in [1.82, 2.24) is 0 Å². The van der Waals surface area contributed by atoms with E-state index in [9.17, 15) is 4.79 Å². The van der Waals surface area contributed by atoms with E-state index in [4.69, 9.17) is 5.73 Å². The van der Waals surface area contributed by atoms with Crippen molar-refractivity contribution < 1.29 is 4.79 Å². The number of Topliss-reactive ketones (excluding diaryl/α,β-unsaturated/α-hetero) is 1. The molecule has 0 amide bonds. The Morgan fingerprint density at radius 2 is 1.78 bits per heavy atom. The van der Waals surface area contributed by atoms with E-state index in [-0.39, 0.29) is 12.3 Å². The topological polar surface area (TPSA) is 43.1 Å². The molecule has 2 heteroatoms. The highest BCUT2D eigenvalue weighted by molar-refractivity contribution is 5.82. The highest BCUT2D eigenvalue weighted by Crippen LogP contribution is 2.53. The first-order chi connectivity index (χ1) is 11.1. The summed E-state index contributed by atoms with van der Waals surface area (Å²) >= 11 is 0. The maximum absolute atomic E-state index is 11.6. The predicted molar refractivity (Wildman–Crippen MR) is 97.5 cm³/mol. The third-order valence-corrected chi connectivity index (χ3v) is 5.47. The quantitative estimate of drug-likeness (QED) is 0.644. The minimum Gasteiger partial charge on any atom is -0.324 e. The Kier molecular flexibility index (Phi) is 6.83. The molecule has 1 aromatic rings. The molecule has 2 nitrogen and oxygen atoms in total. The van der Waals surface area contributed by atoms with Gasteiger partial charge in [0.2, 0.25) is 0 Å². The van der Waals surface area contributed by atoms with Gasteiger partial charge >= 0.3 is 0 Å². The second-order valence-electron chi connectivity index (χ2n) is 7.38. The van der Waals surface area contributed by atoms with Crippen molar-refractivity contribution in [2.75, 3.05) is 6.54 Å². The molecule has 1 aliphatic carbocycles. The van der Waals surface area contributed by atoms with Crippen LogP contribution in [0.4, 0.5) is 0 Å². The zero-order valence-corrected chi connectivity index (χ0v) is 14.9. The van der Waals surface area contributed by atoms with Gasteiger partial charge in [0.25, 0.3) is 0 Å². The number of rotatable bonds is 11. The minimum atomic E-state index is 0.117. The molecule has 0 aromatic heterocycles. The monoisotopic (exact) mass is 315 g/mol. The first-order valence-corrected chi connectivity index (χ1v) is 9.43. The van der Waals surface area contributed by atoms with Gasteiger partial charge in [0, 0.05) is 6.42 Å². The smallest absolute Gasteiger partial charge is 0.150 e. The van der Waals surface area contributed by atoms with E-state index in [1.807, 2.05) is 6.07 Å². The van der Waals surface area contributed by atoms with Gasteiger partial charge in [-0.05, 0) is 61.0 Å². The van der Waals surface area contributed by atoms with Crippen LogP contribution in [0.2, 0.25) is 0 Å². The lowest BCUT2D eigenvalue weighted by Gasteiger charge is -2.34. The Morgan fingerprint density at radius 1 is 1.13 bits per heavy atom. The molecule has 0 radical (unpaired) electrons. The van der Waals surface area contributed by atoms with Gasteiger partial charge in [0.15, 0.2) is 5.78 Å². The van der Waals surface area contributed by atoms with E-state index in [0.717, 1.165) is 17.9 Å². The number of carbonyl (C=O) groups is 1. The zero-order chi connectivity index (χ0) is 16.7. The molecule has 0 aliphatic heterocycles. The summed E-state index contributed by atoms with van der Waals surface area (Å²) in [7, 11) is 0. The third kappa shape index (κ3) is 5.17. The highest BCUT2D eigenvalue weighted by Gasteiger charge is 2.42. The highest BCUT2D eigenvalue weighted by atomic mass is 16.1. The van der Waals surface area contributed by atoms with Gasteiger partial charge in [-0.1, -0.05) is 51.0 Å². The number of nitrogens with two attached hydrogens (primary N) is 1. The van der Waals surface area contributed by atoms with Crippen LogP contribution in [0.25, 0.3) is 0 Å². The van der Waals surface area contributed by atoms with E-state index in [0.29, 0.717) is 11.8 Å². The van der Waals surface area contributed by atoms with Crippen molar-refractivity contribution in [3.63, 3.8) is 0 Å². The Bertz CT molecular complexity index is 498. The summed E-state index contributed by atoms with van der Waals surface area (Å²) < 4.78 is 0. The van der Waals surface area contributed by atoms with Crippen LogP contribution in [0.3, 0.4) is 0 Å². The minimum absolute atomic E-state index is 0.117. The van der Waals surface area contributed by atoms with Crippen molar-refractivity contribution in [3.05, 3.63) is 35.4 Å². The maximum atomic E-state index is 11.6. The number of carbonyl (C=O) groups excluding carboxylic acids is 1. The van der Waals surface area contributed by atoms with Gasteiger partial charge in [-0.25, -0.2) is 0 Å². The summed E-state index contributed by atoms with van der Waals surface area (Å²) in [5, 5.41) is 0. The lowest BCUT2D eigenvalue weighted by atomic mass is 9.71. The van der Waals surface area contributed by atoms with Crippen molar-refractivity contribution in [2.24, 2.45) is 17.1 Å². The van der Waals surface area contributed by atoms with Crippen molar-refractivity contribution in [1.29, 1.82) is 0 Å². The largest absolute Gasteiger partial charge is 0.324 e. The molecule has 0 atom stereocenters. The zero-order valence-electron chi connectivity index (χ0n) is 14.9. The summed E-state index contributed by atoms with van der Waals surface area (Å²) in [6.45, 7) is 4.79. The number of benzene rings is 1. The summed E-state index contributed by atoms with van der Waals surface area (Å²) in [5.41, 5.74) is 8.48. The summed E-state index contributed by atoms with van der Waals surface area (Å²) in [6.07, 6.45) is 11.1. The fourth-order valence-electron chi connectivity index (χ4n) is 4.27. The first-order valence-electron chi connectivity index (χ1n) is 9.43. The molecule has 0 saturated heterocycles. The number of aryl methyl sites for hydroxylation is 1. The van der Waals surface area contributed by atoms with E-state index in [1.54, 1.807) is 0 Å². The van der Waals surface area contributed by atoms with E-state index >= 15 is 0 Å². The van der Waals surface area contributed by atoms with E-state index in [1.165, 1.54) is 50.5 Å². The van der Waals surface area contributed by atoms with Crippen LogP contribution in [-0.4, -0.2) is 12.3 Å². The Labute approximate surface area is 141 Å². The van der Waals surface area contributed by atoms with Gasteiger partial charge in [-0.2, -0.15) is 0 Å². The molecular weight excluding hydrogens is 282 g/mol. The van der Waals surface area contributed by atoms with Crippen LogP contribution in [-0.2, 0) is 17.6 Å². The Hall–Kier alpha value is -1.15. The molecule has 2 rings (SSSR count). The number of hydrogen-bond donors (Lipinski definition) is 1. The van der Waals surface area contributed by atoms with Crippen molar-refractivity contribution in [3.8, 4) is 0 Å². The molecule has 0 bridgehead atoms. The number of hydrogen-bond acceptors (Lipinski definition) is 2. The standard InChI is InChI=1S/C21H33NO/c1-3-11-21(12-4-2,19-8-9-19)13-10-17-6-5-7-18(14-17)15-20(23)16-22/h5-7,14,19H,3-4,8-13,15-16,22H2,1-2H3. The Morgan fingerprint density at radius 3 is 2.35 bits per heavy atom. The number of ketones is 1. The first kappa shape index (κ1) is 18.2. The van der Waals surface area contributed by atoms with Gasteiger partial charge < -0.3 is 5.73 Å². The van der Waals surface area contributed by atoms with Crippen LogP contribution < -0.4 is 5.73 Å². The van der Waals surface area contributed by atoms with Gasteiger partial charge in [-0.15, -0.1) is 0 Å². The maximum Gasteiger partial charge on any atom is 0.150 e. The average molecular weight is 316 g/mol.